The summed E-state index contributed by atoms with van der Waals surface area (Å²) < 4.78 is 0.685. The summed E-state index contributed by atoms with van der Waals surface area (Å²) in [5.74, 6) is 5.47. The van der Waals surface area contributed by atoms with Crippen molar-refractivity contribution in [2.45, 2.75) is 13.3 Å². The maximum Gasteiger partial charge on any atom is 0.335 e. The van der Waals surface area contributed by atoms with Gasteiger partial charge in [0.2, 0.25) is 0 Å². The van der Waals surface area contributed by atoms with E-state index in [-0.39, 0.29) is 10.7 Å². The Bertz CT molecular complexity index is 529. The monoisotopic (exact) mass is 326 g/mol. The van der Waals surface area contributed by atoms with Crippen LogP contribution in [0.3, 0.4) is 0 Å². The number of hydrogen-bond donors (Lipinski definition) is 1. The van der Waals surface area contributed by atoms with E-state index in [9.17, 15) is 9.59 Å². The predicted molar refractivity (Wildman–Crippen MR) is 75.7 cm³/mol. The number of carbonyl (C=O) groups excluding carboxylic acids is 1. The van der Waals surface area contributed by atoms with Gasteiger partial charge in [-0.1, -0.05) is 39.5 Å². The lowest BCUT2D eigenvalue weighted by atomic mass is 10.1. The molecule has 1 N–H and O–H groups in total. The van der Waals surface area contributed by atoms with Crippen LogP contribution in [0.4, 0.5) is 0 Å². The Hall–Kier alpha value is -1.25. The van der Waals surface area contributed by atoms with Crippen molar-refractivity contribution >= 4 is 38.8 Å². The van der Waals surface area contributed by atoms with Crippen LogP contribution in [0.15, 0.2) is 22.7 Å². The fourth-order valence-corrected chi connectivity index (χ4v) is 2.18. The highest BCUT2D eigenvalue weighted by Crippen LogP contribution is 2.15. The zero-order chi connectivity index (χ0) is 13.5. The number of carboxylic acid groups (broad SMARTS) is 1. The molecule has 0 bridgehead atoms. The molecule has 0 fully saturated rings. The third-order valence-corrected chi connectivity index (χ3v) is 3.18. The molecule has 1 aromatic carbocycles. The molecule has 3 nitrogen and oxygen atoms in total. The van der Waals surface area contributed by atoms with Gasteiger partial charge in [-0.25, -0.2) is 4.79 Å². The van der Waals surface area contributed by atoms with Crippen LogP contribution >= 0.6 is 27.7 Å². The van der Waals surface area contributed by atoms with E-state index in [1.165, 1.54) is 30.8 Å². The second-order valence-corrected chi connectivity index (χ2v) is 5.61. The molecule has 94 valence electrons. The lowest BCUT2D eigenvalue weighted by molar-refractivity contribution is -0.109. The van der Waals surface area contributed by atoms with Crippen molar-refractivity contribution in [2.75, 3.05) is 5.75 Å². The minimum atomic E-state index is -0.980. The quantitative estimate of drug-likeness (QED) is 0.684. The van der Waals surface area contributed by atoms with Crippen LogP contribution in [0.25, 0.3) is 0 Å². The van der Waals surface area contributed by atoms with Gasteiger partial charge in [-0.2, -0.15) is 0 Å². The molecule has 0 unspecified atom stereocenters. The molecule has 0 aliphatic heterocycles. The molecule has 0 aromatic heterocycles. The average molecular weight is 327 g/mol. The molecule has 1 aromatic rings. The van der Waals surface area contributed by atoms with E-state index in [0.29, 0.717) is 22.2 Å². The molecular formula is C13H11BrO3S. The van der Waals surface area contributed by atoms with Gasteiger partial charge in [-0.05, 0) is 18.2 Å². The molecule has 5 heteroatoms. The van der Waals surface area contributed by atoms with Crippen molar-refractivity contribution in [1.29, 1.82) is 0 Å². The highest BCUT2D eigenvalue weighted by molar-refractivity contribution is 9.10. The first kappa shape index (κ1) is 14.8. The van der Waals surface area contributed by atoms with Gasteiger partial charge in [-0.15, -0.1) is 0 Å². The van der Waals surface area contributed by atoms with E-state index in [1.54, 1.807) is 6.07 Å². The smallest absolute Gasteiger partial charge is 0.335 e. The molecule has 0 spiro atoms. The number of halogens is 1. The normalized spacial score (nSPS) is 9.44. The third kappa shape index (κ3) is 5.39. The van der Waals surface area contributed by atoms with Gasteiger partial charge in [0.1, 0.15) is 0 Å². The first-order valence-corrected chi connectivity index (χ1v) is 6.93. The molecule has 0 aliphatic carbocycles. The van der Waals surface area contributed by atoms with Crippen molar-refractivity contribution < 1.29 is 14.7 Å². The molecule has 0 amide bonds. The Morgan fingerprint density at radius 3 is 2.72 bits per heavy atom. The number of benzene rings is 1. The van der Waals surface area contributed by atoms with Crippen molar-refractivity contribution in [3.63, 3.8) is 0 Å². The second kappa shape index (κ2) is 7.24. The minimum absolute atomic E-state index is 0.0763. The number of carbonyl (C=O) groups is 2. The molecule has 18 heavy (non-hydrogen) atoms. The average Bonchev–Trinajstić information content (AvgIpc) is 2.27. The Morgan fingerprint density at radius 1 is 1.39 bits per heavy atom. The molecular weight excluding hydrogens is 316 g/mol. The number of thioether (sulfide) groups is 1. The van der Waals surface area contributed by atoms with Crippen LogP contribution in [0, 0.1) is 11.8 Å². The van der Waals surface area contributed by atoms with Crippen molar-refractivity contribution in [3.8, 4) is 11.8 Å². The largest absolute Gasteiger partial charge is 0.478 e. The van der Waals surface area contributed by atoms with Crippen molar-refractivity contribution in [3.05, 3.63) is 33.8 Å². The van der Waals surface area contributed by atoms with Gasteiger partial charge in [-0.3, -0.25) is 4.79 Å². The molecule has 0 saturated heterocycles. The van der Waals surface area contributed by atoms with Crippen LogP contribution in [-0.4, -0.2) is 21.9 Å². The Labute approximate surface area is 118 Å². The van der Waals surface area contributed by atoms with E-state index in [2.05, 4.69) is 27.8 Å². The summed E-state index contributed by atoms with van der Waals surface area (Å²) in [5.41, 5.74) is 0.849. The molecule has 0 radical (unpaired) electrons. The summed E-state index contributed by atoms with van der Waals surface area (Å²) in [6, 6.07) is 4.81. The van der Waals surface area contributed by atoms with Crippen LogP contribution in [0.5, 0.6) is 0 Å². The summed E-state index contributed by atoms with van der Waals surface area (Å²) in [4.78, 5) is 21.5. The van der Waals surface area contributed by atoms with E-state index in [4.69, 9.17) is 5.11 Å². The van der Waals surface area contributed by atoms with Crippen LogP contribution in [0.2, 0.25) is 0 Å². The van der Waals surface area contributed by atoms with Crippen molar-refractivity contribution in [1.82, 2.24) is 0 Å². The lowest BCUT2D eigenvalue weighted by Gasteiger charge is -1.97. The van der Waals surface area contributed by atoms with Crippen molar-refractivity contribution in [2.24, 2.45) is 0 Å². The summed E-state index contributed by atoms with van der Waals surface area (Å²) in [7, 11) is 0. The van der Waals surface area contributed by atoms with Gasteiger partial charge >= 0.3 is 5.97 Å². The molecule has 1 rings (SSSR count). The maximum atomic E-state index is 10.8. The fraction of sp³-hybridized carbons (Fsp3) is 0.231. The number of aromatic carboxylic acids is 1. The fourth-order valence-electron chi connectivity index (χ4n) is 1.20. The van der Waals surface area contributed by atoms with Gasteiger partial charge in [0.25, 0.3) is 0 Å². The summed E-state index contributed by atoms with van der Waals surface area (Å²) in [6.07, 6.45) is 0.596. The molecule has 0 heterocycles. The Kier molecular flexibility index (Phi) is 5.96. The first-order chi connectivity index (χ1) is 8.49. The van der Waals surface area contributed by atoms with E-state index in [1.807, 2.05) is 0 Å². The number of carboxylic acids is 1. The first-order valence-electron chi connectivity index (χ1n) is 5.15. The van der Waals surface area contributed by atoms with Gasteiger partial charge < -0.3 is 5.11 Å². The number of hydrogen-bond acceptors (Lipinski definition) is 3. The summed E-state index contributed by atoms with van der Waals surface area (Å²) in [5, 5.41) is 8.97. The molecule has 0 atom stereocenters. The topological polar surface area (TPSA) is 54.4 Å². The zero-order valence-electron chi connectivity index (χ0n) is 9.70. The standard InChI is InChI=1S/C13H11BrO3S/c1-9(15)18-5-3-2-4-10-6-11(13(16)17)8-12(14)7-10/h6-8H,3,5H2,1H3,(H,16,17). The highest BCUT2D eigenvalue weighted by Gasteiger charge is 2.04. The third-order valence-electron chi connectivity index (χ3n) is 1.91. The van der Waals surface area contributed by atoms with Crippen LogP contribution in [-0.2, 0) is 4.79 Å². The molecule has 0 saturated carbocycles. The number of rotatable bonds is 3. The predicted octanol–water partition coefficient (Wildman–Crippen LogP) is 3.17. The maximum absolute atomic E-state index is 10.8. The van der Waals surface area contributed by atoms with Crippen LogP contribution < -0.4 is 0 Å². The summed E-state index contributed by atoms with van der Waals surface area (Å²) >= 11 is 4.48. The zero-order valence-corrected chi connectivity index (χ0v) is 12.1. The lowest BCUT2D eigenvalue weighted by Crippen LogP contribution is -1.96. The Morgan fingerprint density at radius 2 is 2.11 bits per heavy atom. The van der Waals surface area contributed by atoms with Gasteiger partial charge in [0.15, 0.2) is 5.12 Å². The minimum Gasteiger partial charge on any atom is -0.478 e. The van der Waals surface area contributed by atoms with E-state index < -0.39 is 5.97 Å². The van der Waals surface area contributed by atoms with Gasteiger partial charge in [0, 0.05) is 29.1 Å². The van der Waals surface area contributed by atoms with Gasteiger partial charge in [0.05, 0.1) is 5.56 Å². The SMILES string of the molecule is CC(=O)SCCC#Cc1cc(Br)cc(C(=O)O)c1. The Balaban J connectivity index is 2.70. The molecule has 0 aliphatic rings. The van der Waals surface area contributed by atoms with Crippen LogP contribution in [0.1, 0.15) is 29.3 Å². The highest BCUT2D eigenvalue weighted by atomic mass is 79.9. The van der Waals surface area contributed by atoms with E-state index in [0.717, 1.165) is 0 Å². The van der Waals surface area contributed by atoms with E-state index >= 15 is 0 Å². The second-order valence-electron chi connectivity index (χ2n) is 3.43. The summed E-state index contributed by atoms with van der Waals surface area (Å²) in [6.45, 7) is 1.52.